The first kappa shape index (κ1) is 22.1. The molecule has 0 aliphatic heterocycles. The SMILES string of the molecule is COc1ccc(/C=N\NC(=O)CSc2nc3ccccc3o2)cc1OC(=O)c1ccccc1. The van der Waals surface area contributed by atoms with E-state index in [2.05, 4.69) is 15.5 Å². The van der Waals surface area contributed by atoms with E-state index < -0.39 is 5.97 Å². The molecule has 0 saturated carbocycles. The molecule has 4 aromatic rings. The Morgan fingerprint density at radius 3 is 2.64 bits per heavy atom. The number of oxazole rings is 1. The van der Waals surface area contributed by atoms with Crippen molar-refractivity contribution in [2.45, 2.75) is 5.22 Å². The van der Waals surface area contributed by atoms with Crippen molar-refractivity contribution in [2.24, 2.45) is 5.10 Å². The number of ether oxygens (including phenoxy) is 2. The highest BCUT2D eigenvalue weighted by atomic mass is 32.2. The molecule has 0 bridgehead atoms. The molecule has 0 unspecified atom stereocenters. The molecular weight excluding hydrogens is 442 g/mol. The number of carbonyl (C=O) groups excluding carboxylic acids is 2. The van der Waals surface area contributed by atoms with E-state index in [1.165, 1.54) is 25.1 Å². The van der Waals surface area contributed by atoms with Crippen LogP contribution in [0.2, 0.25) is 0 Å². The Balaban J connectivity index is 1.34. The van der Waals surface area contributed by atoms with Gasteiger partial charge < -0.3 is 13.9 Å². The van der Waals surface area contributed by atoms with Crippen LogP contribution in [-0.2, 0) is 4.79 Å². The summed E-state index contributed by atoms with van der Waals surface area (Å²) >= 11 is 1.17. The minimum Gasteiger partial charge on any atom is -0.493 e. The van der Waals surface area contributed by atoms with E-state index in [1.54, 1.807) is 42.5 Å². The van der Waals surface area contributed by atoms with Crippen molar-refractivity contribution >= 4 is 41.0 Å². The van der Waals surface area contributed by atoms with Crippen LogP contribution in [0.3, 0.4) is 0 Å². The summed E-state index contributed by atoms with van der Waals surface area (Å²) in [4.78, 5) is 28.8. The van der Waals surface area contributed by atoms with E-state index in [0.717, 1.165) is 5.52 Å². The van der Waals surface area contributed by atoms with Crippen LogP contribution in [0.4, 0.5) is 0 Å². The van der Waals surface area contributed by atoms with Crippen LogP contribution < -0.4 is 14.9 Å². The average Bonchev–Trinajstić information content (AvgIpc) is 3.27. The molecule has 0 aliphatic rings. The molecule has 0 fully saturated rings. The van der Waals surface area contributed by atoms with Gasteiger partial charge in [-0.15, -0.1) is 0 Å². The van der Waals surface area contributed by atoms with E-state index in [4.69, 9.17) is 13.9 Å². The molecule has 0 radical (unpaired) electrons. The number of methoxy groups -OCH3 is 1. The number of hydrogen-bond donors (Lipinski definition) is 1. The fourth-order valence-electron chi connectivity index (χ4n) is 2.84. The standard InChI is InChI=1S/C24H19N3O5S/c1-30-20-12-11-16(13-21(20)31-23(29)17-7-3-2-4-8-17)14-25-27-22(28)15-33-24-26-18-9-5-6-10-19(18)32-24/h2-14H,15H2,1H3,(H,27,28)/b25-14-. The summed E-state index contributed by atoms with van der Waals surface area (Å²) in [5.74, 6) is -0.0919. The van der Waals surface area contributed by atoms with E-state index >= 15 is 0 Å². The molecule has 9 heteroatoms. The molecule has 1 amide bonds. The van der Waals surface area contributed by atoms with Crippen LogP contribution >= 0.6 is 11.8 Å². The fraction of sp³-hybridized carbons (Fsp3) is 0.0833. The molecule has 4 rings (SSSR count). The summed E-state index contributed by atoms with van der Waals surface area (Å²) in [6, 6.07) is 21.0. The molecule has 0 aliphatic carbocycles. The van der Waals surface area contributed by atoms with Crippen LogP contribution in [0.25, 0.3) is 11.1 Å². The topological polar surface area (TPSA) is 103 Å². The van der Waals surface area contributed by atoms with Gasteiger partial charge in [0.05, 0.1) is 24.6 Å². The first-order valence-corrected chi connectivity index (χ1v) is 10.9. The number of benzene rings is 3. The zero-order chi connectivity index (χ0) is 23.0. The Kier molecular flexibility index (Phi) is 7.01. The molecule has 166 valence electrons. The van der Waals surface area contributed by atoms with E-state index in [9.17, 15) is 9.59 Å². The number of hydrazone groups is 1. The van der Waals surface area contributed by atoms with Crippen LogP contribution in [0.5, 0.6) is 11.5 Å². The smallest absolute Gasteiger partial charge is 0.343 e. The van der Waals surface area contributed by atoms with Crippen molar-refractivity contribution in [3.05, 3.63) is 83.9 Å². The quantitative estimate of drug-likeness (QED) is 0.137. The predicted octanol–water partition coefficient (Wildman–Crippen LogP) is 4.30. The van der Waals surface area contributed by atoms with Crippen LogP contribution in [-0.4, -0.2) is 35.9 Å². The third-order valence-electron chi connectivity index (χ3n) is 4.40. The first-order chi connectivity index (χ1) is 16.1. The molecule has 0 atom stereocenters. The van der Waals surface area contributed by atoms with Gasteiger partial charge in [-0.2, -0.15) is 5.10 Å². The highest BCUT2D eigenvalue weighted by molar-refractivity contribution is 7.99. The second kappa shape index (κ2) is 10.5. The first-order valence-electron chi connectivity index (χ1n) is 9.88. The van der Waals surface area contributed by atoms with Crippen molar-refractivity contribution in [1.29, 1.82) is 0 Å². The van der Waals surface area contributed by atoms with Gasteiger partial charge in [0.25, 0.3) is 11.1 Å². The van der Waals surface area contributed by atoms with Gasteiger partial charge >= 0.3 is 5.97 Å². The zero-order valence-corrected chi connectivity index (χ0v) is 18.4. The Morgan fingerprint density at radius 2 is 1.85 bits per heavy atom. The van der Waals surface area contributed by atoms with E-state index in [0.29, 0.717) is 27.7 Å². The Bertz CT molecular complexity index is 1270. The minimum absolute atomic E-state index is 0.0900. The van der Waals surface area contributed by atoms with Crippen molar-refractivity contribution in [1.82, 2.24) is 10.4 Å². The molecule has 1 N–H and O–H groups in total. The summed E-state index contributed by atoms with van der Waals surface area (Å²) in [6.45, 7) is 0. The Labute approximate surface area is 193 Å². The highest BCUT2D eigenvalue weighted by Crippen LogP contribution is 2.28. The largest absolute Gasteiger partial charge is 0.493 e. The fourth-order valence-corrected chi connectivity index (χ4v) is 3.47. The Hall–Kier alpha value is -4.11. The summed E-state index contributed by atoms with van der Waals surface area (Å²) in [6.07, 6.45) is 1.45. The number of fused-ring (bicyclic) bond motifs is 1. The maximum Gasteiger partial charge on any atom is 0.343 e. The van der Waals surface area contributed by atoms with Gasteiger partial charge in [0.2, 0.25) is 0 Å². The highest BCUT2D eigenvalue weighted by Gasteiger charge is 2.13. The molecule has 0 saturated heterocycles. The minimum atomic E-state index is -0.507. The lowest BCUT2D eigenvalue weighted by Gasteiger charge is -2.10. The van der Waals surface area contributed by atoms with Gasteiger partial charge in [-0.3, -0.25) is 4.79 Å². The molecule has 0 spiro atoms. The maximum atomic E-state index is 12.4. The van der Waals surface area contributed by atoms with Crippen LogP contribution in [0, 0.1) is 0 Å². The molecule has 3 aromatic carbocycles. The summed E-state index contributed by atoms with van der Waals surface area (Å²) < 4.78 is 16.3. The number of esters is 1. The van der Waals surface area contributed by atoms with Crippen LogP contribution in [0.15, 0.2) is 87.5 Å². The molecule has 1 heterocycles. The molecule has 1 aromatic heterocycles. The number of thioether (sulfide) groups is 1. The number of rotatable bonds is 8. The predicted molar refractivity (Wildman–Crippen MR) is 125 cm³/mol. The lowest BCUT2D eigenvalue weighted by atomic mass is 10.2. The normalized spacial score (nSPS) is 10.9. The second-order valence-corrected chi connectivity index (χ2v) is 7.62. The van der Waals surface area contributed by atoms with E-state index in [1.807, 2.05) is 30.3 Å². The molecular formula is C24H19N3O5S. The third-order valence-corrected chi connectivity index (χ3v) is 5.23. The van der Waals surface area contributed by atoms with E-state index in [-0.39, 0.29) is 17.4 Å². The van der Waals surface area contributed by atoms with Crippen molar-refractivity contribution in [2.75, 3.05) is 12.9 Å². The van der Waals surface area contributed by atoms with Gasteiger partial charge in [-0.05, 0) is 48.0 Å². The van der Waals surface area contributed by atoms with Gasteiger partial charge in [0.1, 0.15) is 5.52 Å². The van der Waals surface area contributed by atoms with Gasteiger partial charge in [0.15, 0.2) is 17.1 Å². The number of aromatic nitrogens is 1. The second-order valence-electron chi connectivity index (χ2n) is 6.70. The Morgan fingerprint density at radius 1 is 1.06 bits per heavy atom. The van der Waals surface area contributed by atoms with Crippen molar-refractivity contribution in [3.8, 4) is 11.5 Å². The number of amides is 1. The van der Waals surface area contributed by atoms with Gasteiger partial charge in [-0.25, -0.2) is 15.2 Å². The lowest BCUT2D eigenvalue weighted by Crippen LogP contribution is -2.19. The summed E-state index contributed by atoms with van der Waals surface area (Å²) in [5.41, 5.74) is 4.89. The summed E-state index contributed by atoms with van der Waals surface area (Å²) in [7, 11) is 1.48. The third kappa shape index (κ3) is 5.78. The average molecular weight is 461 g/mol. The van der Waals surface area contributed by atoms with Crippen LogP contribution in [0.1, 0.15) is 15.9 Å². The number of hydrogen-bond acceptors (Lipinski definition) is 8. The zero-order valence-electron chi connectivity index (χ0n) is 17.6. The van der Waals surface area contributed by atoms with Crippen molar-refractivity contribution < 1.29 is 23.5 Å². The number of nitrogens with zero attached hydrogens (tertiary/aromatic N) is 2. The van der Waals surface area contributed by atoms with Gasteiger partial charge in [0, 0.05) is 0 Å². The van der Waals surface area contributed by atoms with Gasteiger partial charge in [-0.1, -0.05) is 42.1 Å². The van der Waals surface area contributed by atoms with Crippen molar-refractivity contribution in [3.63, 3.8) is 0 Å². The number of carbonyl (C=O) groups is 2. The molecule has 8 nitrogen and oxygen atoms in total. The number of nitrogens with one attached hydrogen (secondary N) is 1. The molecule has 33 heavy (non-hydrogen) atoms. The summed E-state index contributed by atoms with van der Waals surface area (Å²) in [5, 5.41) is 4.37. The number of para-hydroxylation sites is 2. The monoisotopic (exact) mass is 461 g/mol. The lowest BCUT2D eigenvalue weighted by molar-refractivity contribution is -0.118. The maximum absolute atomic E-state index is 12.4.